The molecule has 2 aliphatic rings. The molecule has 0 saturated carbocycles. The molecule has 1 amide bonds. The van der Waals surface area contributed by atoms with Gasteiger partial charge < -0.3 is 19.5 Å². The van der Waals surface area contributed by atoms with Crippen LogP contribution in [0.5, 0.6) is 11.5 Å². The smallest absolute Gasteiger partial charge is 0.244 e. The van der Waals surface area contributed by atoms with Crippen molar-refractivity contribution < 1.29 is 19.0 Å². The first-order chi connectivity index (χ1) is 13.0. The number of nitrogens with zero attached hydrogens (tertiary/aromatic N) is 1. The minimum absolute atomic E-state index is 0.120. The molecule has 0 spiro atoms. The average Bonchev–Trinajstić information content (AvgIpc) is 3.13. The standard InChI is InChI=1S/C20H27ClN2O4/c1-14(2)9-16(23-5-7-25-8-6-23)12-22-19(24)4-3-15-10-17(21)20-18(11-15)26-13-27-20/h3-4,10-11,14,16H,5-9,12-13H2,1-2H3,(H,22,24)/b4-3+. The highest BCUT2D eigenvalue weighted by atomic mass is 35.5. The Morgan fingerprint density at radius 2 is 2.07 bits per heavy atom. The van der Waals surface area contributed by atoms with E-state index in [1.54, 1.807) is 12.1 Å². The minimum Gasteiger partial charge on any atom is -0.454 e. The Bertz CT molecular complexity index is 687. The van der Waals surface area contributed by atoms with Crippen molar-refractivity contribution in [2.24, 2.45) is 5.92 Å². The summed E-state index contributed by atoms with van der Waals surface area (Å²) < 4.78 is 16.1. The molecule has 3 rings (SSSR count). The molecule has 1 atom stereocenters. The summed E-state index contributed by atoms with van der Waals surface area (Å²) >= 11 is 6.17. The number of amides is 1. The third-order valence-corrected chi connectivity index (χ3v) is 4.97. The van der Waals surface area contributed by atoms with E-state index in [-0.39, 0.29) is 12.7 Å². The number of benzene rings is 1. The van der Waals surface area contributed by atoms with E-state index < -0.39 is 0 Å². The quantitative estimate of drug-likeness (QED) is 0.720. The molecule has 2 aliphatic heterocycles. The molecule has 1 fully saturated rings. The predicted octanol–water partition coefficient (Wildman–Crippen LogP) is 2.95. The van der Waals surface area contributed by atoms with Gasteiger partial charge in [-0.05, 0) is 36.1 Å². The SMILES string of the molecule is CC(C)CC(CNC(=O)/C=C/c1cc(Cl)c2c(c1)OCO2)N1CCOCC1. The lowest BCUT2D eigenvalue weighted by Crippen LogP contribution is -2.49. The minimum atomic E-state index is -0.120. The number of morpholine rings is 1. The van der Waals surface area contributed by atoms with Gasteiger partial charge in [0.05, 0.1) is 18.2 Å². The number of ether oxygens (including phenoxy) is 3. The number of hydrogen-bond donors (Lipinski definition) is 1. The molecule has 1 saturated heterocycles. The predicted molar refractivity (Wildman–Crippen MR) is 105 cm³/mol. The van der Waals surface area contributed by atoms with Gasteiger partial charge in [-0.15, -0.1) is 0 Å². The van der Waals surface area contributed by atoms with E-state index in [2.05, 4.69) is 24.1 Å². The zero-order valence-electron chi connectivity index (χ0n) is 15.9. The van der Waals surface area contributed by atoms with E-state index in [4.69, 9.17) is 25.8 Å². The van der Waals surface area contributed by atoms with Gasteiger partial charge in [-0.3, -0.25) is 9.69 Å². The molecule has 0 aromatic heterocycles. The number of rotatable bonds is 7. The summed E-state index contributed by atoms with van der Waals surface area (Å²) in [6.45, 7) is 8.56. The Labute approximate surface area is 165 Å². The van der Waals surface area contributed by atoms with E-state index in [9.17, 15) is 4.79 Å². The van der Waals surface area contributed by atoms with Crippen LogP contribution in [0.4, 0.5) is 0 Å². The summed E-state index contributed by atoms with van der Waals surface area (Å²) in [7, 11) is 0. The van der Waals surface area contributed by atoms with Crippen molar-refractivity contribution in [2.75, 3.05) is 39.6 Å². The normalized spacial score (nSPS) is 18.2. The van der Waals surface area contributed by atoms with Crippen LogP contribution < -0.4 is 14.8 Å². The molecule has 1 aromatic rings. The topological polar surface area (TPSA) is 60.0 Å². The molecule has 7 heteroatoms. The van der Waals surface area contributed by atoms with Crippen LogP contribution in [0, 0.1) is 5.92 Å². The monoisotopic (exact) mass is 394 g/mol. The number of carbonyl (C=O) groups excluding carboxylic acids is 1. The van der Waals surface area contributed by atoms with Crippen molar-refractivity contribution in [3.05, 3.63) is 28.8 Å². The maximum Gasteiger partial charge on any atom is 0.244 e. The number of carbonyl (C=O) groups is 1. The number of halogens is 1. The van der Waals surface area contributed by atoms with E-state index in [1.165, 1.54) is 6.08 Å². The van der Waals surface area contributed by atoms with Crippen LogP contribution in [-0.2, 0) is 9.53 Å². The summed E-state index contributed by atoms with van der Waals surface area (Å²) in [5, 5.41) is 3.51. The van der Waals surface area contributed by atoms with Gasteiger partial charge in [-0.1, -0.05) is 25.4 Å². The number of nitrogens with one attached hydrogen (secondary N) is 1. The van der Waals surface area contributed by atoms with E-state index in [0.717, 1.165) is 38.3 Å². The molecule has 1 aromatic carbocycles. The van der Waals surface area contributed by atoms with Gasteiger partial charge >= 0.3 is 0 Å². The third kappa shape index (κ3) is 5.61. The lowest BCUT2D eigenvalue weighted by molar-refractivity contribution is -0.116. The molecule has 1 N–H and O–H groups in total. The van der Waals surface area contributed by atoms with Crippen LogP contribution in [0.3, 0.4) is 0 Å². The number of hydrogen-bond acceptors (Lipinski definition) is 5. The molecule has 6 nitrogen and oxygen atoms in total. The maximum atomic E-state index is 12.3. The van der Waals surface area contributed by atoms with Crippen molar-refractivity contribution in [2.45, 2.75) is 26.3 Å². The highest BCUT2D eigenvalue weighted by molar-refractivity contribution is 6.32. The Hall–Kier alpha value is -1.76. The Balaban J connectivity index is 1.56. The Kier molecular flexibility index (Phi) is 6.99. The van der Waals surface area contributed by atoms with Crippen molar-refractivity contribution in [1.82, 2.24) is 10.2 Å². The largest absolute Gasteiger partial charge is 0.454 e. The average molecular weight is 395 g/mol. The zero-order chi connectivity index (χ0) is 19.2. The zero-order valence-corrected chi connectivity index (χ0v) is 16.6. The van der Waals surface area contributed by atoms with E-state index in [1.807, 2.05) is 6.07 Å². The van der Waals surface area contributed by atoms with Crippen LogP contribution in [-0.4, -0.2) is 56.5 Å². The van der Waals surface area contributed by atoms with Gasteiger partial charge in [0.1, 0.15) is 0 Å². The maximum absolute atomic E-state index is 12.3. The van der Waals surface area contributed by atoms with E-state index in [0.29, 0.717) is 35.0 Å². The molecule has 0 aliphatic carbocycles. The summed E-state index contributed by atoms with van der Waals surface area (Å²) in [4.78, 5) is 14.7. The Morgan fingerprint density at radius 3 is 2.81 bits per heavy atom. The van der Waals surface area contributed by atoms with Gasteiger partial charge in [-0.2, -0.15) is 0 Å². The highest BCUT2D eigenvalue weighted by Crippen LogP contribution is 2.40. The first-order valence-corrected chi connectivity index (χ1v) is 9.77. The van der Waals surface area contributed by atoms with Gasteiger partial charge in [0, 0.05) is 31.8 Å². The second-order valence-electron chi connectivity index (χ2n) is 7.25. The lowest BCUT2D eigenvalue weighted by atomic mass is 10.0. The van der Waals surface area contributed by atoms with Gasteiger partial charge in [-0.25, -0.2) is 0 Å². The van der Waals surface area contributed by atoms with Crippen molar-refractivity contribution in [3.8, 4) is 11.5 Å². The molecule has 2 heterocycles. The highest BCUT2D eigenvalue weighted by Gasteiger charge is 2.22. The van der Waals surface area contributed by atoms with Crippen molar-refractivity contribution >= 4 is 23.6 Å². The van der Waals surface area contributed by atoms with Crippen LogP contribution in [0.25, 0.3) is 6.08 Å². The fraction of sp³-hybridized carbons (Fsp3) is 0.550. The van der Waals surface area contributed by atoms with Gasteiger partial charge in [0.15, 0.2) is 11.5 Å². The van der Waals surface area contributed by atoms with Gasteiger partial charge in [0.25, 0.3) is 0 Å². The fourth-order valence-electron chi connectivity index (χ4n) is 3.38. The number of fused-ring (bicyclic) bond motifs is 1. The summed E-state index contributed by atoms with van der Waals surface area (Å²) in [5.74, 6) is 1.61. The molecule has 1 unspecified atom stereocenters. The summed E-state index contributed by atoms with van der Waals surface area (Å²) in [6, 6.07) is 3.90. The Morgan fingerprint density at radius 1 is 1.30 bits per heavy atom. The molecule has 0 radical (unpaired) electrons. The third-order valence-electron chi connectivity index (χ3n) is 4.69. The molecule has 0 bridgehead atoms. The molecular weight excluding hydrogens is 368 g/mol. The molecular formula is C20H27ClN2O4. The lowest BCUT2D eigenvalue weighted by Gasteiger charge is -2.35. The first kappa shape index (κ1) is 20.0. The summed E-state index contributed by atoms with van der Waals surface area (Å²) in [6.07, 6.45) is 4.30. The first-order valence-electron chi connectivity index (χ1n) is 9.40. The fourth-order valence-corrected chi connectivity index (χ4v) is 3.65. The van der Waals surface area contributed by atoms with Crippen LogP contribution in [0.1, 0.15) is 25.8 Å². The molecule has 27 heavy (non-hydrogen) atoms. The van der Waals surface area contributed by atoms with E-state index >= 15 is 0 Å². The molecule has 148 valence electrons. The van der Waals surface area contributed by atoms with Crippen molar-refractivity contribution in [3.63, 3.8) is 0 Å². The van der Waals surface area contributed by atoms with Gasteiger partial charge in [0.2, 0.25) is 12.7 Å². The van der Waals surface area contributed by atoms with Crippen LogP contribution >= 0.6 is 11.6 Å². The second kappa shape index (κ2) is 9.44. The van der Waals surface area contributed by atoms with Crippen LogP contribution in [0.2, 0.25) is 5.02 Å². The summed E-state index contributed by atoms with van der Waals surface area (Å²) in [5.41, 5.74) is 0.798. The second-order valence-corrected chi connectivity index (χ2v) is 7.65. The van der Waals surface area contributed by atoms with Crippen molar-refractivity contribution in [1.29, 1.82) is 0 Å². The van der Waals surface area contributed by atoms with Crippen LogP contribution in [0.15, 0.2) is 18.2 Å².